The summed E-state index contributed by atoms with van der Waals surface area (Å²) in [6.07, 6.45) is 2.46. The summed E-state index contributed by atoms with van der Waals surface area (Å²) in [5, 5.41) is 0. The molecule has 4 heteroatoms. The fourth-order valence-corrected chi connectivity index (χ4v) is 5.32. The molecule has 0 bridgehead atoms. The van der Waals surface area contributed by atoms with Crippen LogP contribution >= 0.6 is 0 Å². The van der Waals surface area contributed by atoms with Crippen LogP contribution in [0.25, 0.3) is 0 Å². The predicted molar refractivity (Wildman–Crippen MR) is 116 cm³/mol. The van der Waals surface area contributed by atoms with Crippen LogP contribution in [0.2, 0.25) is 39.3 Å². The van der Waals surface area contributed by atoms with Crippen molar-refractivity contribution in [3.05, 3.63) is 78.2 Å². The van der Waals surface area contributed by atoms with Gasteiger partial charge in [-0.15, -0.1) is 0 Å². The van der Waals surface area contributed by atoms with Crippen molar-refractivity contribution in [3.8, 4) is 0 Å². The van der Waals surface area contributed by atoms with Crippen molar-refractivity contribution in [2.45, 2.75) is 51.4 Å². The van der Waals surface area contributed by atoms with Crippen LogP contribution < -0.4 is 9.96 Å². The van der Waals surface area contributed by atoms with Gasteiger partial charge < -0.3 is 9.96 Å². The molecule has 2 unspecified atom stereocenters. The molecule has 2 N–H and O–H groups in total. The molecule has 0 amide bonds. The zero-order valence-electron chi connectivity index (χ0n) is 16.5. The van der Waals surface area contributed by atoms with Gasteiger partial charge in [-0.25, -0.2) is 0 Å². The third-order valence-electron chi connectivity index (χ3n) is 3.88. The van der Waals surface area contributed by atoms with E-state index in [1.807, 2.05) is 0 Å². The maximum absolute atomic E-state index is 3.92. The molecule has 0 fully saturated rings. The second-order valence-corrected chi connectivity index (χ2v) is 18.3. The van der Waals surface area contributed by atoms with Crippen LogP contribution in [0.4, 0.5) is 0 Å². The van der Waals surface area contributed by atoms with Crippen LogP contribution in [0, 0.1) is 6.42 Å². The van der Waals surface area contributed by atoms with Gasteiger partial charge in [0.2, 0.25) is 0 Å². The van der Waals surface area contributed by atoms with E-state index >= 15 is 0 Å². The Kier molecular flexibility index (Phi) is 6.80. The molecule has 0 aliphatic heterocycles. The van der Waals surface area contributed by atoms with Gasteiger partial charge in [0.25, 0.3) is 0 Å². The Labute approximate surface area is 156 Å². The molecule has 2 aromatic rings. The smallest absolute Gasteiger partial charge is 0.114 e. The normalized spacial score (nSPS) is 15.0. The fraction of sp³-hybridized carbons (Fsp3) is 0.381. The first kappa shape index (κ1) is 20.1. The molecule has 2 nitrogen and oxygen atoms in total. The highest BCUT2D eigenvalue weighted by Crippen LogP contribution is 2.28. The summed E-state index contributed by atoms with van der Waals surface area (Å²) in [5.41, 5.74) is 2.67. The van der Waals surface area contributed by atoms with Crippen molar-refractivity contribution in [3.63, 3.8) is 0 Å². The number of benzene rings is 2. The Morgan fingerprint density at radius 2 is 0.920 bits per heavy atom. The van der Waals surface area contributed by atoms with E-state index < -0.39 is 16.5 Å². The molecule has 2 atom stereocenters. The van der Waals surface area contributed by atoms with E-state index in [0.29, 0.717) is 0 Å². The van der Waals surface area contributed by atoms with Gasteiger partial charge in [-0.3, -0.25) is 6.42 Å². The van der Waals surface area contributed by atoms with Gasteiger partial charge in [0.05, 0.1) is 0 Å². The minimum Gasteiger partial charge on any atom is -0.359 e. The SMILES string of the molecule is C[Si](C)(C)NC([CH-]C(N[Si](C)(C)C)c1ccccc1)c1ccccc1. The van der Waals surface area contributed by atoms with E-state index in [0.717, 1.165) is 0 Å². The van der Waals surface area contributed by atoms with Gasteiger partial charge in [-0.2, -0.15) is 0 Å². The summed E-state index contributed by atoms with van der Waals surface area (Å²) in [4.78, 5) is 7.83. The Morgan fingerprint density at radius 1 is 0.600 bits per heavy atom. The van der Waals surface area contributed by atoms with E-state index in [2.05, 4.69) is 116 Å². The Hall–Kier alpha value is -1.21. The number of hydrogen-bond acceptors (Lipinski definition) is 2. The summed E-state index contributed by atoms with van der Waals surface area (Å²) < 4.78 is 0. The molecule has 0 aliphatic rings. The van der Waals surface area contributed by atoms with Crippen LogP contribution in [-0.2, 0) is 0 Å². The molecular formula is C21H33N2Si2-. The van der Waals surface area contributed by atoms with Crippen molar-refractivity contribution in [2.75, 3.05) is 0 Å². The highest BCUT2D eigenvalue weighted by atomic mass is 28.3. The van der Waals surface area contributed by atoms with Gasteiger partial charge in [0.15, 0.2) is 0 Å². The lowest BCUT2D eigenvalue weighted by atomic mass is 9.96. The second-order valence-electron chi connectivity index (χ2n) is 8.76. The standard InChI is InChI=1S/C21H33N2Si2/c1-24(2,3)22-20(18-13-9-7-10-14-18)17-21(23-25(4,5)6)19-15-11-8-12-16-19/h7-17,20-23H,1-6H3/q-1. The molecule has 0 saturated heterocycles. The van der Waals surface area contributed by atoms with Crippen LogP contribution in [0.1, 0.15) is 23.2 Å². The molecule has 0 saturated carbocycles. The molecule has 0 spiro atoms. The largest absolute Gasteiger partial charge is 0.359 e. The molecule has 2 rings (SSSR count). The topological polar surface area (TPSA) is 24.1 Å². The van der Waals surface area contributed by atoms with Gasteiger partial charge in [-0.1, -0.05) is 123 Å². The van der Waals surface area contributed by atoms with Gasteiger partial charge in [0.1, 0.15) is 16.5 Å². The van der Waals surface area contributed by atoms with Crippen LogP contribution in [0.5, 0.6) is 0 Å². The molecule has 0 heterocycles. The van der Waals surface area contributed by atoms with Crippen LogP contribution in [0.15, 0.2) is 60.7 Å². The minimum absolute atomic E-state index is 0.252. The highest BCUT2D eigenvalue weighted by molar-refractivity contribution is 6.74. The number of hydrogen-bond donors (Lipinski definition) is 2. The zero-order chi connectivity index (χ0) is 18.5. The van der Waals surface area contributed by atoms with E-state index in [4.69, 9.17) is 0 Å². The van der Waals surface area contributed by atoms with Crippen LogP contribution in [0.3, 0.4) is 0 Å². The fourth-order valence-electron chi connectivity index (χ4n) is 2.93. The van der Waals surface area contributed by atoms with E-state index in [1.165, 1.54) is 11.1 Å². The lowest BCUT2D eigenvalue weighted by molar-refractivity contribution is 0.618. The first-order valence-electron chi connectivity index (χ1n) is 9.14. The molecule has 136 valence electrons. The number of rotatable bonds is 8. The zero-order valence-corrected chi connectivity index (χ0v) is 18.5. The average molecular weight is 370 g/mol. The first-order valence-corrected chi connectivity index (χ1v) is 16.1. The lowest BCUT2D eigenvalue weighted by Crippen LogP contribution is -2.48. The maximum atomic E-state index is 3.92. The summed E-state index contributed by atoms with van der Waals surface area (Å²) in [6, 6.07) is 22.1. The average Bonchev–Trinajstić information content (AvgIpc) is 2.53. The Morgan fingerprint density at radius 3 is 1.20 bits per heavy atom. The van der Waals surface area contributed by atoms with E-state index in [9.17, 15) is 0 Å². The summed E-state index contributed by atoms with van der Waals surface area (Å²) in [7, 11) is -2.85. The quantitative estimate of drug-likeness (QED) is 0.473. The third-order valence-corrected chi connectivity index (χ3v) is 6.23. The van der Waals surface area contributed by atoms with Crippen LogP contribution in [-0.4, -0.2) is 16.5 Å². The van der Waals surface area contributed by atoms with Crippen molar-refractivity contribution < 1.29 is 0 Å². The van der Waals surface area contributed by atoms with E-state index in [-0.39, 0.29) is 12.1 Å². The van der Waals surface area contributed by atoms with Crippen molar-refractivity contribution in [1.29, 1.82) is 0 Å². The minimum atomic E-state index is -1.43. The summed E-state index contributed by atoms with van der Waals surface area (Å²) in [5.74, 6) is 0. The van der Waals surface area contributed by atoms with Gasteiger partial charge >= 0.3 is 0 Å². The number of nitrogens with one attached hydrogen (secondary N) is 2. The van der Waals surface area contributed by atoms with Crippen molar-refractivity contribution >= 4 is 16.5 Å². The predicted octanol–water partition coefficient (Wildman–Crippen LogP) is 5.52. The van der Waals surface area contributed by atoms with Gasteiger partial charge in [-0.05, 0) is 0 Å². The highest BCUT2D eigenvalue weighted by Gasteiger charge is 2.21. The Balaban J connectivity index is 2.31. The van der Waals surface area contributed by atoms with Crippen molar-refractivity contribution in [2.24, 2.45) is 0 Å². The summed E-state index contributed by atoms with van der Waals surface area (Å²) in [6.45, 7) is 14.2. The van der Waals surface area contributed by atoms with Gasteiger partial charge in [0, 0.05) is 0 Å². The monoisotopic (exact) mass is 369 g/mol. The third kappa shape index (κ3) is 7.28. The molecule has 0 aliphatic carbocycles. The molecule has 0 radical (unpaired) electrons. The molecule has 25 heavy (non-hydrogen) atoms. The van der Waals surface area contributed by atoms with E-state index in [1.54, 1.807) is 0 Å². The molecule has 0 aromatic heterocycles. The molecule has 2 aromatic carbocycles. The van der Waals surface area contributed by atoms with Crippen molar-refractivity contribution in [1.82, 2.24) is 9.96 Å². The summed E-state index contributed by atoms with van der Waals surface area (Å²) >= 11 is 0. The second kappa shape index (κ2) is 8.45. The molecular weight excluding hydrogens is 336 g/mol. The lowest BCUT2D eigenvalue weighted by Gasteiger charge is -2.42. The maximum Gasteiger partial charge on any atom is 0.114 e. The first-order chi connectivity index (χ1) is 11.6. The Bertz CT molecular complexity index is 573.